The number of unbranched alkanes of at least 4 members (excludes halogenated alkanes) is 3. The molecule has 0 N–H and O–H groups in total. The van der Waals surface area contributed by atoms with E-state index in [0.29, 0.717) is 0 Å². The number of halogens is 1. The first-order valence-corrected chi connectivity index (χ1v) is 6.91. The van der Waals surface area contributed by atoms with E-state index in [1.807, 2.05) is 0 Å². The molecule has 1 rings (SSSR count). The number of alkyl halides is 1. The summed E-state index contributed by atoms with van der Waals surface area (Å²) in [6.07, 6.45) is 5.19. The number of likely N-dealkylation sites (N-methyl/N-ethyl adjacent to an activating group) is 1. The Morgan fingerprint density at radius 2 is 1.47 bits per heavy atom. The molecule has 0 radical (unpaired) electrons. The molecule has 0 amide bonds. The second kappa shape index (κ2) is 8.37. The zero-order chi connectivity index (χ0) is 10.9. The van der Waals surface area contributed by atoms with Crippen LogP contribution >= 0.6 is 11.6 Å². The van der Waals surface area contributed by atoms with Crippen molar-refractivity contribution in [2.24, 2.45) is 0 Å². The van der Waals surface area contributed by atoms with E-state index < -0.39 is 0 Å². The zero-order valence-corrected chi connectivity index (χ0v) is 10.8. The maximum absolute atomic E-state index is 5.65. The van der Waals surface area contributed by atoms with Crippen LogP contribution in [0.25, 0.3) is 0 Å². The summed E-state index contributed by atoms with van der Waals surface area (Å²) in [5.41, 5.74) is 0. The van der Waals surface area contributed by atoms with Gasteiger partial charge in [0.25, 0.3) is 0 Å². The first-order valence-electron chi connectivity index (χ1n) is 6.37. The molecule has 1 aliphatic heterocycles. The summed E-state index contributed by atoms with van der Waals surface area (Å²) in [4.78, 5) is 5.14. The molecule has 0 aromatic heterocycles. The molecule has 0 aromatic carbocycles. The molecule has 0 bridgehead atoms. The molecule has 2 nitrogen and oxygen atoms in total. The van der Waals surface area contributed by atoms with Crippen molar-refractivity contribution in [3.8, 4) is 0 Å². The highest BCUT2D eigenvalue weighted by Crippen LogP contribution is 2.06. The Bertz CT molecular complexity index is 145. The Morgan fingerprint density at radius 3 is 2.07 bits per heavy atom. The minimum Gasteiger partial charge on any atom is -0.301 e. The van der Waals surface area contributed by atoms with Crippen molar-refractivity contribution in [1.29, 1.82) is 0 Å². The van der Waals surface area contributed by atoms with E-state index in [1.165, 1.54) is 65.0 Å². The highest BCUT2D eigenvalue weighted by atomic mass is 35.5. The van der Waals surface area contributed by atoms with Crippen LogP contribution in [-0.4, -0.2) is 54.9 Å². The fraction of sp³-hybridized carbons (Fsp3) is 1.00. The molecule has 0 aliphatic carbocycles. The van der Waals surface area contributed by atoms with E-state index in [2.05, 4.69) is 16.7 Å². The van der Waals surface area contributed by atoms with E-state index in [4.69, 9.17) is 11.6 Å². The van der Waals surface area contributed by atoms with Crippen LogP contribution in [0.2, 0.25) is 0 Å². The van der Waals surface area contributed by atoms with E-state index >= 15 is 0 Å². The molecule has 0 aromatic rings. The summed E-state index contributed by atoms with van der Waals surface area (Å²) < 4.78 is 0. The first kappa shape index (κ1) is 13.3. The Morgan fingerprint density at radius 1 is 0.867 bits per heavy atom. The van der Waals surface area contributed by atoms with E-state index in [1.54, 1.807) is 0 Å². The minimum atomic E-state index is 0.829. The van der Waals surface area contributed by atoms with Crippen molar-refractivity contribution in [2.45, 2.75) is 32.6 Å². The third-order valence-electron chi connectivity index (χ3n) is 3.27. The summed E-state index contributed by atoms with van der Waals surface area (Å²) in [6, 6.07) is 0. The fourth-order valence-corrected chi connectivity index (χ4v) is 2.30. The molecule has 0 atom stereocenters. The predicted molar refractivity (Wildman–Crippen MR) is 67.7 cm³/mol. The van der Waals surface area contributed by atoms with E-state index in [-0.39, 0.29) is 0 Å². The maximum Gasteiger partial charge on any atom is 0.0223 e. The lowest BCUT2D eigenvalue weighted by atomic mass is 10.2. The highest BCUT2D eigenvalue weighted by molar-refractivity contribution is 6.17. The van der Waals surface area contributed by atoms with Gasteiger partial charge >= 0.3 is 0 Å². The molecule has 1 fully saturated rings. The molecule has 90 valence electrons. The van der Waals surface area contributed by atoms with Crippen LogP contribution in [0.5, 0.6) is 0 Å². The molecule has 1 saturated heterocycles. The number of nitrogens with zero attached hydrogens (tertiary/aromatic N) is 2. The molecular formula is C12H25ClN2. The summed E-state index contributed by atoms with van der Waals surface area (Å²) in [7, 11) is 0. The van der Waals surface area contributed by atoms with E-state index in [0.717, 1.165) is 5.88 Å². The van der Waals surface area contributed by atoms with Gasteiger partial charge in [-0.2, -0.15) is 0 Å². The van der Waals surface area contributed by atoms with Crippen LogP contribution in [0.15, 0.2) is 0 Å². The summed E-state index contributed by atoms with van der Waals surface area (Å²) in [5, 5.41) is 0. The van der Waals surface area contributed by atoms with Crippen LogP contribution in [0, 0.1) is 0 Å². The molecule has 3 heteroatoms. The minimum absolute atomic E-state index is 0.829. The lowest BCUT2D eigenvalue weighted by Gasteiger charge is -2.33. The van der Waals surface area contributed by atoms with Crippen LogP contribution in [0.3, 0.4) is 0 Å². The van der Waals surface area contributed by atoms with Crippen molar-refractivity contribution in [3.05, 3.63) is 0 Å². The Balaban J connectivity index is 1.94. The van der Waals surface area contributed by atoms with Crippen LogP contribution in [0.4, 0.5) is 0 Å². The van der Waals surface area contributed by atoms with Gasteiger partial charge in [0.15, 0.2) is 0 Å². The number of rotatable bonds is 7. The third kappa shape index (κ3) is 5.74. The van der Waals surface area contributed by atoms with Gasteiger partial charge < -0.3 is 9.80 Å². The number of hydrogen-bond acceptors (Lipinski definition) is 2. The summed E-state index contributed by atoms with van der Waals surface area (Å²) in [6.45, 7) is 9.81. The van der Waals surface area contributed by atoms with Crippen LogP contribution in [0.1, 0.15) is 32.6 Å². The summed E-state index contributed by atoms with van der Waals surface area (Å²) in [5.74, 6) is 0.829. The molecule has 1 heterocycles. The Labute approximate surface area is 99.6 Å². The highest BCUT2D eigenvalue weighted by Gasteiger charge is 2.14. The normalized spacial score (nSPS) is 19.6. The predicted octanol–water partition coefficient (Wildman–Crippen LogP) is 2.42. The van der Waals surface area contributed by atoms with Crippen molar-refractivity contribution >= 4 is 11.6 Å². The molecule has 0 spiro atoms. The standard InChI is InChI=1S/C12H25ClN2/c1-2-14-9-11-15(12-10-14)8-6-4-3-5-7-13/h2-12H2,1H3. The Hall–Kier alpha value is 0.210. The maximum atomic E-state index is 5.65. The first-order chi connectivity index (χ1) is 7.36. The lowest BCUT2D eigenvalue weighted by Crippen LogP contribution is -2.46. The zero-order valence-electron chi connectivity index (χ0n) is 10.1. The smallest absolute Gasteiger partial charge is 0.0223 e. The van der Waals surface area contributed by atoms with Crippen molar-refractivity contribution < 1.29 is 0 Å². The SMILES string of the molecule is CCN1CCN(CCCCCCCl)CC1. The van der Waals surface area contributed by atoms with Gasteiger partial charge in [-0.1, -0.05) is 19.8 Å². The molecule has 0 saturated carbocycles. The number of hydrogen-bond donors (Lipinski definition) is 0. The van der Waals surface area contributed by atoms with Gasteiger partial charge in [-0.05, 0) is 25.9 Å². The lowest BCUT2D eigenvalue weighted by molar-refractivity contribution is 0.135. The van der Waals surface area contributed by atoms with Gasteiger partial charge in [0.05, 0.1) is 0 Å². The quantitative estimate of drug-likeness (QED) is 0.492. The van der Waals surface area contributed by atoms with Gasteiger partial charge in [-0.15, -0.1) is 11.6 Å². The van der Waals surface area contributed by atoms with Crippen LogP contribution in [-0.2, 0) is 0 Å². The van der Waals surface area contributed by atoms with Crippen molar-refractivity contribution in [3.63, 3.8) is 0 Å². The monoisotopic (exact) mass is 232 g/mol. The van der Waals surface area contributed by atoms with E-state index in [9.17, 15) is 0 Å². The molecule has 0 unspecified atom stereocenters. The Kier molecular flexibility index (Phi) is 7.41. The fourth-order valence-electron chi connectivity index (χ4n) is 2.11. The second-order valence-corrected chi connectivity index (χ2v) is 4.76. The van der Waals surface area contributed by atoms with Crippen molar-refractivity contribution in [1.82, 2.24) is 9.80 Å². The van der Waals surface area contributed by atoms with Gasteiger partial charge in [-0.3, -0.25) is 0 Å². The van der Waals surface area contributed by atoms with Gasteiger partial charge in [0, 0.05) is 32.1 Å². The largest absolute Gasteiger partial charge is 0.301 e. The molecule has 1 aliphatic rings. The van der Waals surface area contributed by atoms with Gasteiger partial charge in [0.1, 0.15) is 0 Å². The summed E-state index contributed by atoms with van der Waals surface area (Å²) >= 11 is 5.65. The average Bonchev–Trinajstić information content (AvgIpc) is 2.30. The van der Waals surface area contributed by atoms with Gasteiger partial charge in [-0.25, -0.2) is 0 Å². The number of piperazine rings is 1. The molecular weight excluding hydrogens is 208 g/mol. The van der Waals surface area contributed by atoms with Crippen molar-refractivity contribution in [2.75, 3.05) is 45.1 Å². The molecule has 15 heavy (non-hydrogen) atoms. The third-order valence-corrected chi connectivity index (χ3v) is 3.54. The second-order valence-electron chi connectivity index (χ2n) is 4.38. The van der Waals surface area contributed by atoms with Crippen LogP contribution < -0.4 is 0 Å². The average molecular weight is 233 g/mol. The topological polar surface area (TPSA) is 6.48 Å². The van der Waals surface area contributed by atoms with Gasteiger partial charge in [0.2, 0.25) is 0 Å².